The monoisotopic (exact) mass is 465 g/mol. The van der Waals surface area contributed by atoms with Crippen molar-refractivity contribution in [1.29, 1.82) is 0 Å². The Morgan fingerprint density at radius 1 is 1.06 bits per heavy atom. The number of nitrogens with zero attached hydrogens (tertiary/aromatic N) is 3. The number of imide groups is 1. The van der Waals surface area contributed by atoms with E-state index >= 15 is 0 Å². The Labute approximate surface area is 197 Å². The van der Waals surface area contributed by atoms with Gasteiger partial charge in [0, 0.05) is 17.3 Å². The molecule has 8 nitrogen and oxygen atoms in total. The number of hydrogen-bond acceptors (Lipinski definition) is 6. The number of aromatic nitrogens is 3. The number of carbonyl (C=O) groups is 2. The first-order valence-corrected chi connectivity index (χ1v) is 12.0. The molecule has 33 heavy (non-hydrogen) atoms. The zero-order valence-corrected chi connectivity index (χ0v) is 19.3. The normalized spacial score (nSPS) is 14.0. The average molecular weight is 466 g/mol. The molecular formula is C24H27N5O3S. The van der Waals surface area contributed by atoms with Crippen LogP contribution in [0.4, 0.5) is 4.79 Å². The molecule has 0 saturated heterocycles. The van der Waals surface area contributed by atoms with Gasteiger partial charge in [-0.1, -0.05) is 61.4 Å². The minimum Gasteiger partial charge on any atom is -0.497 e. The summed E-state index contributed by atoms with van der Waals surface area (Å²) in [4.78, 5) is 24.6. The molecule has 172 valence electrons. The molecule has 3 amide bonds. The number of benzene rings is 2. The van der Waals surface area contributed by atoms with Crippen molar-refractivity contribution >= 4 is 23.7 Å². The van der Waals surface area contributed by atoms with Crippen LogP contribution in [0.15, 0.2) is 59.8 Å². The molecule has 1 fully saturated rings. The Bertz CT molecular complexity index is 1100. The van der Waals surface area contributed by atoms with Crippen LogP contribution in [0.25, 0.3) is 17.1 Å². The van der Waals surface area contributed by atoms with Gasteiger partial charge in [-0.15, -0.1) is 10.2 Å². The largest absolute Gasteiger partial charge is 0.497 e. The Hall–Kier alpha value is -3.33. The summed E-state index contributed by atoms with van der Waals surface area (Å²) in [5, 5.41) is 14.6. The van der Waals surface area contributed by atoms with Crippen LogP contribution >= 0.6 is 11.8 Å². The van der Waals surface area contributed by atoms with Crippen molar-refractivity contribution in [2.75, 3.05) is 12.9 Å². The van der Waals surface area contributed by atoms with Crippen LogP contribution in [-0.2, 0) is 4.79 Å². The molecule has 0 unspecified atom stereocenters. The zero-order chi connectivity index (χ0) is 23.0. The first kappa shape index (κ1) is 22.8. The van der Waals surface area contributed by atoms with Gasteiger partial charge >= 0.3 is 6.03 Å². The molecule has 0 aliphatic heterocycles. The van der Waals surface area contributed by atoms with E-state index in [1.807, 2.05) is 59.2 Å². The number of hydrogen-bond donors (Lipinski definition) is 2. The second-order valence-corrected chi connectivity index (χ2v) is 8.80. The van der Waals surface area contributed by atoms with Crippen LogP contribution in [0, 0.1) is 0 Å². The highest BCUT2D eigenvalue weighted by Crippen LogP contribution is 2.29. The maximum Gasteiger partial charge on any atom is 0.321 e. The molecule has 0 atom stereocenters. The predicted molar refractivity (Wildman–Crippen MR) is 128 cm³/mol. The van der Waals surface area contributed by atoms with Crippen molar-refractivity contribution in [1.82, 2.24) is 25.4 Å². The first-order chi connectivity index (χ1) is 16.1. The van der Waals surface area contributed by atoms with E-state index in [2.05, 4.69) is 20.8 Å². The van der Waals surface area contributed by atoms with E-state index in [0.29, 0.717) is 16.7 Å². The number of methoxy groups -OCH3 is 1. The van der Waals surface area contributed by atoms with Gasteiger partial charge < -0.3 is 10.1 Å². The van der Waals surface area contributed by atoms with Gasteiger partial charge in [0.2, 0.25) is 5.91 Å². The van der Waals surface area contributed by atoms with E-state index in [9.17, 15) is 9.59 Å². The summed E-state index contributed by atoms with van der Waals surface area (Å²) >= 11 is 1.23. The van der Waals surface area contributed by atoms with Crippen LogP contribution in [0.2, 0.25) is 0 Å². The highest BCUT2D eigenvalue weighted by molar-refractivity contribution is 7.99. The number of urea groups is 1. The quantitative estimate of drug-likeness (QED) is 0.508. The molecule has 0 spiro atoms. The third-order valence-corrected chi connectivity index (χ3v) is 6.43. The SMILES string of the molecule is COc1cccc(-c2nnc(SCC(=O)NC(=O)NC3CCCCC3)n2-c2ccccc2)c1. The maximum absolute atomic E-state index is 12.4. The molecule has 1 aliphatic carbocycles. The fourth-order valence-electron chi connectivity index (χ4n) is 3.88. The standard InChI is InChI=1S/C24H27N5O3S/c1-32-20-14-8-9-17(15-20)22-27-28-24(29(22)19-12-6-3-7-13-19)33-16-21(30)26-23(31)25-18-10-4-2-5-11-18/h3,6-9,12-15,18H,2,4-5,10-11,16H2,1H3,(H2,25,26,30,31). The van der Waals surface area contributed by atoms with Gasteiger partial charge in [0.15, 0.2) is 11.0 Å². The van der Waals surface area contributed by atoms with Gasteiger partial charge in [0.05, 0.1) is 12.9 Å². The Morgan fingerprint density at radius 2 is 1.85 bits per heavy atom. The van der Waals surface area contributed by atoms with Crippen molar-refractivity contribution < 1.29 is 14.3 Å². The molecule has 2 N–H and O–H groups in total. The van der Waals surface area contributed by atoms with Gasteiger partial charge in [-0.2, -0.15) is 0 Å². The van der Waals surface area contributed by atoms with Gasteiger partial charge in [0.25, 0.3) is 0 Å². The molecule has 1 heterocycles. The summed E-state index contributed by atoms with van der Waals surface area (Å²) in [7, 11) is 1.62. The lowest BCUT2D eigenvalue weighted by molar-refractivity contribution is -0.117. The highest BCUT2D eigenvalue weighted by Gasteiger charge is 2.20. The summed E-state index contributed by atoms with van der Waals surface area (Å²) in [5.74, 6) is 1.02. The van der Waals surface area contributed by atoms with Gasteiger partial charge in [-0.05, 0) is 37.1 Å². The van der Waals surface area contributed by atoms with Crippen molar-refractivity contribution in [3.8, 4) is 22.8 Å². The number of ether oxygens (including phenoxy) is 1. The molecule has 4 rings (SSSR count). The van der Waals surface area contributed by atoms with Crippen LogP contribution in [0.5, 0.6) is 5.75 Å². The Balaban J connectivity index is 1.47. The molecule has 1 aromatic heterocycles. The second kappa shape index (κ2) is 11.0. The van der Waals surface area contributed by atoms with Gasteiger partial charge in [-0.25, -0.2) is 4.79 Å². The Morgan fingerprint density at radius 3 is 2.61 bits per heavy atom. The molecule has 0 bridgehead atoms. The molecule has 1 aliphatic rings. The minimum absolute atomic E-state index is 0.0428. The molecule has 0 radical (unpaired) electrons. The maximum atomic E-state index is 12.4. The Kier molecular flexibility index (Phi) is 7.62. The van der Waals surface area contributed by atoms with Crippen molar-refractivity contribution in [2.24, 2.45) is 0 Å². The fourth-order valence-corrected chi connectivity index (χ4v) is 4.64. The van der Waals surface area contributed by atoms with Crippen LogP contribution in [0.3, 0.4) is 0 Å². The molecular weight excluding hydrogens is 438 g/mol. The van der Waals surface area contributed by atoms with Crippen LogP contribution in [0.1, 0.15) is 32.1 Å². The fraction of sp³-hybridized carbons (Fsp3) is 0.333. The van der Waals surface area contributed by atoms with E-state index < -0.39 is 6.03 Å². The highest BCUT2D eigenvalue weighted by atomic mass is 32.2. The lowest BCUT2D eigenvalue weighted by Gasteiger charge is -2.22. The number of carbonyl (C=O) groups excluding carboxylic acids is 2. The van der Waals surface area contributed by atoms with Gasteiger partial charge in [0.1, 0.15) is 5.75 Å². The zero-order valence-electron chi connectivity index (χ0n) is 18.5. The molecule has 1 saturated carbocycles. The molecule has 2 aromatic carbocycles. The topological polar surface area (TPSA) is 98.1 Å². The third-order valence-electron chi connectivity index (χ3n) is 5.50. The summed E-state index contributed by atoms with van der Waals surface area (Å²) in [6, 6.07) is 17.0. The van der Waals surface area contributed by atoms with E-state index in [0.717, 1.165) is 36.9 Å². The predicted octanol–water partition coefficient (Wildman–Crippen LogP) is 4.19. The summed E-state index contributed by atoms with van der Waals surface area (Å²) < 4.78 is 7.24. The van der Waals surface area contributed by atoms with Crippen molar-refractivity contribution in [2.45, 2.75) is 43.3 Å². The lowest BCUT2D eigenvalue weighted by Crippen LogP contribution is -2.45. The number of para-hydroxylation sites is 1. The average Bonchev–Trinajstić information content (AvgIpc) is 3.28. The minimum atomic E-state index is -0.436. The smallest absolute Gasteiger partial charge is 0.321 e. The van der Waals surface area contributed by atoms with E-state index in [-0.39, 0.29) is 17.7 Å². The van der Waals surface area contributed by atoms with Crippen LogP contribution < -0.4 is 15.4 Å². The number of thioether (sulfide) groups is 1. The van der Waals surface area contributed by atoms with E-state index in [4.69, 9.17) is 4.74 Å². The third kappa shape index (κ3) is 5.92. The van der Waals surface area contributed by atoms with E-state index in [1.54, 1.807) is 7.11 Å². The first-order valence-electron chi connectivity index (χ1n) is 11.0. The molecule has 3 aromatic rings. The van der Waals surface area contributed by atoms with Crippen LogP contribution in [-0.4, -0.2) is 45.6 Å². The number of rotatable bonds is 7. The summed E-state index contributed by atoms with van der Waals surface area (Å²) in [5.41, 5.74) is 1.71. The van der Waals surface area contributed by atoms with Crippen molar-refractivity contribution in [3.63, 3.8) is 0 Å². The second-order valence-electron chi connectivity index (χ2n) is 7.85. The lowest BCUT2D eigenvalue weighted by atomic mass is 9.96. The summed E-state index contributed by atoms with van der Waals surface area (Å²) in [6.45, 7) is 0. The number of nitrogens with one attached hydrogen (secondary N) is 2. The van der Waals surface area contributed by atoms with Crippen molar-refractivity contribution in [3.05, 3.63) is 54.6 Å². The summed E-state index contributed by atoms with van der Waals surface area (Å²) in [6.07, 6.45) is 5.35. The van der Waals surface area contributed by atoms with Gasteiger partial charge in [-0.3, -0.25) is 14.7 Å². The van der Waals surface area contributed by atoms with E-state index in [1.165, 1.54) is 18.2 Å². The number of amides is 3. The molecule has 9 heteroatoms.